The van der Waals surface area contributed by atoms with Crippen molar-refractivity contribution in [1.29, 1.82) is 0 Å². The molecule has 1 aromatic carbocycles. The third-order valence-corrected chi connectivity index (χ3v) is 4.50. The zero-order valence-corrected chi connectivity index (χ0v) is 11.6. The Morgan fingerprint density at radius 1 is 1.39 bits per heavy atom. The van der Waals surface area contributed by atoms with Gasteiger partial charge in [-0.2, -0.15) is 0 Å². The normalized spacial score (nSPS) is 11.3. The predicted octanol–water partition coefficient (Wildman–Crippen LogP) is 0.829. The fraction of sp³-hybridized carbons (Fsp3) is 0.417. The molecule has 0 unspecified atom stereocenters. The van der Waals surface area contributed by atoms with Gasteiger partial charge >= 0.3 is 0 Å². The molecule has 1 aromatic rings. The van der Waals surface area contributed by atoms with E-state index in [4.69, 9.17) is 5.73 Å². The van der Waals surface area contributed by atoms with Crippen LogP contribution in [0.3, 0.4) is 0 Å². The average molecular weight is 270 g/mol. The Bertz CT molecular complexity index is 552. The molecule has 0 fully saturated rings. The lowest BCUT2D eigenvalue weighted by atomic mass is 10.2. The molecule has 1 rings (SSSR count). The molecule has 0 bridgehead atoms. The summed E-state index contributed by atoms with van der Waals surface area (Å²) in [4.78, 5) is 13.2. The number of hydrogen-bond acceptors (Lipinski definition) is 4. The number of anilines is 1. The number of rotatable bonds is 4. The number of carbonyl (C=O) groups is 1. The second kappa shape index (κ2) is 5.39. The minimum Gasteiger partial charge on any atom is -0.399 e. The van der Waals surface area contributed by atoms with Crippen molar-refractivity contribution < 1.29 is 13.2 Å². The van der Waals surface area contributed by atoms with Gasteiger partial charge in [-0.05, 0) is 31.5 Å². The summed E-state index contributed by atoms with van der Waals surface area (Å²) in [6, 6.07) is 4.66. The Kier molecular flexibility index (Phi) is 4.34. The second-order valence-corrected chi connectivity index (χ2v) is 6.15. The maximum absolute atomic E-state index is 12.1. The SMILES string of the molecule is CCN(C)C(=O)CS(=O)(=O)c1cc(N)ccc1C. The number of benzene rings is 1. The average Bonchev–Trinajstić information content (AvgIpc) is 2.30. The van der Waals surface area contributed by atoms with Crippen LogP contribution < -0.4 is 5.73 Å². The van der Waals surface area contributed by atoms with Gasteiger partial charge in [0.2, 0.25) is 5.91 Å². The van der Waals surface area contributed by atoms with Crippen molar-refractivity contribution in [1.82, 2.24) is 4.90 Å². The topological polar surface area (TPSA) is 80.5 Å². The molecular formula is C12H18N2O3S. The van der Waals surface area contributed by atoms with Crippen LogP contribution in [0.1, 0.15) is 12.5 Å². The Hall–Kier alpha value is -1.56. The number of carbonyl (C=O) groups excluding carboxylic acids is 1. The van der Waals surface area contributed by atoms with Gasteiger partial charge in [-0.3, -0.25) is 4.79 Å². The van der Waals surface area contributed by atoms with E-state index in [2.05, 4.69) is 0 Å². The van der Waals surface area contributed by atoms with Gasteiger partial charge in [-0.1, -0.05) is 6.07 Å². The van der Waals surface area contributed by atoms with Crippen LogP contribution in [-0.4, -0.2) is 38.6 Å². The predicted molar refractivity (Wildman–Crippen MR) is 71.0 cm³/mol. The maximum Gasteiger partial charge on any atom is 0.237 e. The molecule has 0 saturated heterocycles. The summed E-state index contributed by atoms with van der Waals surface area (Å²) in [5.41, 5.74) is 6.55. The first-order chi connectivity index (χ1) is 8.27. The molecule has 100 valence electrons. The van der Waals surface area contributed by atoms with Gasteiger partial charge in [-0.15, -0.1) is 0 Å². The molecule has 0 aliphatic carbocycles. The molecule has 0 aliphatic heterocycles. The molecule has 0 atom stereocenters. The van der Waals surface area contributed by atoms with Gasteiger partial charge in [0.25, 0.3) is 0 Å². The van der Waals surface area contributed by atoms with Crippen molar-refractivity contribution in [2.75, 3.05) is 25.1 Å². The monoisotopic (exact) mass is 270 g/mol. The number of sulfone groups is 1. The number of nitrogen functional groups attached to an aromatic ring is 1. The summed E-state index contributed by atoms with van der Waals surface area (Å²) in [6.45, 7) is 3.95. The minimum atomic E-state index is -3.64. The quantitative estimate of drug-likeness (QED) is 0.822. The second-order valence-electron chi connectivity index (χ2n) is 4.19. The lowest BCUT2D eigenvalue weighted by molar-refractivity contribution is -0.126. The van der Waals surface area contributed by atoms with E-state index in [1.807, 2.05) is 0 Å². The molecular weight excluding hydrogens is 252 g/mol. The molecule has 2 N–H and O–H groups in total. The van der Waals surface area contributed by atoms with Crippen LogP contribution in [-0.2, 0) is 14.6 Å². The van der Waals surface area contributed by atoms with Gasteiger partial charge in [0.05, 0.1) is 4.90 Å². The van der Waals surface area contributed by atoms with Gasteiger partial charge in [0.15, 0.2) is 9.84 Å². The van der Waals surface area contributed by atoms with Gasteiger partial charge < -0.3 is 10.6 Å². The first-order valence-electron chi connectivity index (χ1n) is 5.60. The van der Waals surface area contributed by atoms with Crippen LogP contribution in [0.4, 0.5) is 5.69 Å². The van der Waals surface area contributed by atoms with Crippen LogP contribution >= 0.6 is 0 Å². The summed E-state index contributed by atoms with van der Waals surface area (Å²) in [5.74, 6) is -0.943. The first-order valence-corrected chi connectivity index (χ1v) is 7.26. The Morgan fingerprint density at radius 3 is 2.56 bits per heavy atom. The standard InChI is InChI=1S/C12H18N2O3S/c1-4-14(3)12(15)8-18(16,17)11-7-10(13)6-5-9(11)2/h5-7H,4,8,13H2,1-3H3. The van der Waals surface area contributed by atoms with Crippen LogP contribution in [0, 0.1) is 6.92 Å². The fourth-order valence-electron chi connectivity index (χ4n) is 1.48. The van der Waals surface area contributed by atoms with E-state index in [1.54, 1.807) is 33.0 Å². The van der Waals surface area contributed by atoms with Gasteiger partial charge in [0.1, 0.15) is 5.75 Å². The van der Waals surface area contributed by atoms with Crippen LogP contribution in [0.5, 0.6) is 0 Å². The van der Waals surface area contributed by atoms with Crippen molar-refractivity contribution in [3.8, 4) is 0 Å². The highest BCUT2D eigenvalue weighted by Crippen LogP contribution is 2.19. The number of nitrogens with zero attached hydrogens (tertiary/aromatic N) is 1. The van der Waals surface area contributed by atoms with E-state index in [9.17, 15) is 13.2 Å². The molecule has 0 aliphatic rings. The van der Waals surface area contributed by atoms with Gasteiger partial charge in [0, 0.05) is 19.3 Å². The first kappa shape index (κ1) is 14.5. The third-order valence-electron chi connectivity index (χ3n) is 2.76. The third kappa shape index (κ3) is 3.22. The van der Waals surface area contributed by atoms with Crippen LogP contribution in [0.15, 0.2) is 23.1 Å². The van der Waals surface area contributed by atoms with Crippen LogP contribution in [0.25, 0.3) is 0 Å². The fourth-order valence-corrected chi connectivity index (χ4v) is 3.05. The highest BCUT2D eigenvalue weighted by molar-refractivity contribution is 7.92. The number of nitrogens with two attached hydrogens (primary N) is 1. The van der Waals surface area contributed by atoms with E-state index in [-0.39, 0.29) is 4.90 Å². The Labute approximate surface area is 108 Å². The van der Waals surface area contributed by atoms with E-state index >= 15 is 0 Å². The van der Waals surface area contributed by atoms with E-state index in [1.165, 1.54) is 11.0 Å². The summed E-state index contributed by atoms with van der Waals surface area (Å²) in [5, 5.41) is 0. The summed E-state index contributed by atoms with van der Waals surface area (Å²) >= 11 is 0. The van der Waals surface area contributed by atoms with E-state index < -0.39 is 21.5 Å². The molecule has 0 heterocycles. The Balaban J connectivity index is 3.07. The molecule has 18 heavy (non-hydrogen) atoms. The van der Waals surface area contributed by atoms with E-state index in [0.717, 1.165) is 0 Å². The minimum absolute atomic E-state index is 0.125. The summed E-state index contributed by atoms with van der Waals surface area (Å²) in [6.07, 6.45) is 0. The molecule has 0 spiro atoms. The number of hydrogen-bond donors (Lipinski definition) is 1. The number of amides is 1. The highest BCUT2D eigenvalue weighted by Gasteiger charge is 2.23. The van der Waals surface area contributed by atoms with Crippen molar-refractivity contribution in [2.45, 2.75) is 18.7 Å². The maximum atomic E-state index is 12.1. The number of aryl methyl sites for hydroxylation is 1. The van der Waals surface area contributed by atoms with E-state index in [0.29, 0.717) is 17.8 Å². The zero-order valence-electron chi connectivity index (χ0n) is 10.8. The van der Waals surface area contributed by atoms with Crippen molar-refractivity contribution in [3.05, 3.63) is 23.8 Å². The van der Waals surface area contributed by atoms with Gasteiger partial charge in [-0.25, -0.2) is 8.42 Å². The summed E-state index contributed by atoms with van der Waals surface area (Å²) in [7, 11) is -2.07. The molecule has 0 saturated carbocycles. The largest absolute Gasteiger partial charge is 0.399 e. The Morgan fingerprint density at radius 2 is 2.00 bits per heavy atom. The smallest absolute Gasteiger partial charge is 0.237 e. The molecule has 1 amide bonds. The van der Waals surface area contributed by atoms with Crippen molar-refractivity contribution >= 4 is 21.4 Å². The van der Waals surface area contributed by atoms with Crippen molar-refractivity contribution in [2.24, 2.45) is 0 Å². The highest BCUT2D eigenvalue weighted by atomic mass is 32.2. The lowest BCUT2D eigenvalue weighted by Gasteiger charge is -2.15. The molecule has 0 radical (unpaired) electrons. The van der Waals surface area contributed by atoms with Crippen molar-refractivity contribution in [3.63, 3.8) is 0 Å². The van der Waals surface area contributed by atoms with Crippen LogP contribution in [0.2, 0.25) is 0 Å². The summed E-state index contributed by atoms with van der Waals surface area (Å²) < 4.78 is 24.3. The lowest BCUT2D eigenvalue weighted by Crippen LogP contribution is -2.32. The molecule has 0 aromatic heterocycles. The molecule has 6 heteroatoms. The molecule has 5 nitrogen and oxygen atoms in total. The zero-order chi connectivity index (χ0) is 13.9.